The molecule has 0 saturated carbocycles. The number of para-hydroxylation sites is 1. The summed E-state index contributed by atoms with van der Waals surface area (Å²) in [5.74, 6) is 0.686. The van der Waals surface area contributed by atoms with Crippen molar-refractivity contribution in [1.82, 2.24) is 0 Å². The molecule has 12 rings (SSSR count). The Morgan fingerprint density at radius 2 is 1.25 bits per heavy atom. The minimum atomic E-state index is 0.256. The van der Waals surface area contributed by atoms with Crippen molar-refractivity contribution in [2.75, 3.05) is 9.80 Å². The fourth-order valence-electron chi connectivity index (χ4n) is 10.4. The fourth-order valence-corrected chi connectivity index (χ4v) is 10.4. The van der Waals surface area contributed by atoms with Gasteiger partial charge in [-0.25, -0.2) is 0 Å². The van der Waals surface area contributed by atoms with E-state index in [0.717, 1.165) is 19.3 Å². The summed E-state index contributed by atoms with van der Waals surface area (Å²) in [5.41, 5.74) is 11.5. The third-order valence-corrected chi connectivity index (χ3v) is 13.2. The van der Waals surface area contributed by atoms with E-state index in [0.29, 0.717) is 11.8 Å². The lowest BCUT2D eigenvalue weighted by atomic mass is 9.77. The second-order valence-corrected chi connectivity index (χ2v) is 16.8. The number of benzene rings is 8. The molecule has 0 bridgehead atoms. The van der Waals surface area contributed by atoms with Crippen molar-refractivity contribution >= 4 is 78.4 Å². The molecule has 0 spiro atoms. The van der Waals surface area contributed by atoms with Crippen molar-refractivity contribution < 1.29 is 0 Å². The van der Waals surface area contributed by atoms with Crippen LogP contribution < -0.4 is 9.80 Å². The lowest BCUT2D eigenvalue weighted by molar-refractivity contribution is 0.739. The van der Waals surface area contributed by atoms with Crippen LogP contribution in [-0.2, 0) is 0 Å². The van der Waals surface area contributed by atoms with Crippen molar-refractivity contribution in [3.05, 3.63) is 228 Å². The van der Waals surface area contributed by atoms with E-state index < -0.39 is 0 Å². The summed E-state index contributed by atoms with van der Waals surface area (Å²) in [6, 6.07) is 52.0. The molecule has 3 unspecified atom stereocenters. The number of nitrogens with zero attached hydrogens (tertiary/aromatic N) is 2. The number of hydrogen-bond acceptors (Lipinski definition) is 2. The molecule has 3 atom stereocenters. The summed E-state index contributed by atoms with van der Waals surface area (Å²) >= 11 is 0. The van der Waals surface area contributed by atoms with Crippen molar-refractivity contribution in [3.63, 3.8) is 0 Å². The normalized spacial score (nSPS) is 19.2. The van der Waals surface area contributed by atoms with Crippen LogP contribution in [-0.4, -0.2) is 6.04 Å². The summed E-state index contributed by atoms with van der Waals surface area (Å²) in [4.78, 5) is 5.00. The molecule has 8 aromatic rings. The van der Waals surface area contributed by atoms with Crippen LogP contribution in [0, 0.1) is 5.92 Å². The topological polar surface area (TPSA) is 6.48 Å². The average molecular weight is 769 g/mol. The molecular weight excluding hydrogens is 725 g/mol. The Bertz CT molecular complexity index is 3130. The van der Waals surface area contributed by atoms with Crippen LogP contribution >= 0.6 is 0 Å². The third-order valence-electron chi connectivity index (χ3n) is 13.2. The maximum atomic E-state index is 2.55. The number of rotatable bonds is 8. The summed E-state index contributed by atoms with van der Waals surface area (Å²) in [5, 5.41) is 10.7. The largest absolute Gasteiger partial charge is 0.334 e. The number of anilines is 3. The highest BCUT2D eigenvalue weighted by Gasteiger charge is 2.29. The Hall–Kier alpha value is -7.16. The Kier molecular flexibility index (Phi) is 8.30. The van der Waals surface area contributed by atoms with E-state index in [1.165, 1.54) is 93.8 Å². The summed E-state index contributed by atoms with van der Waals surface area (Å²) in [6.45, 7) is 0. The summed E-state index contributed by atoms with van der Waals surface area (Å²) < 4.78 is 0. The van der Waals surface area contributed by atoms with Gasteiger partial charge in [-0.15, -0.1) is 0 Å². The highest BCUT2D eigenvalue weighted by Crippen LogP contribution is 2.47. The zero-order valence-corrected chi connectivity index (χ0v) is 33.5. The predicted octanol–water partition coefficient (Wildman–Crippen LogP) is 15.3. The summed E-state index contributed by atoms with van der Waals surface area (Å²) in [6.07, 6.45) is 30.9. The minimum absolute atomic E-state index is 0.256. The van der Waals surface area contributed by atoms with Crippen LogP contribution in [0.1, 0.15) is 47.4 Å². The molecule has 4 aliphatic rings. The maximum absolute atomic E-state index is 2.55. The van der Waals surface area contributed by atoms with E-state index in [1.54, 1.807) is 0 Å². The van der Waals surface area contributed by atoms with E-state index in [9.17, 15) is 0 Å². The van der Waals surface area contributed by atoms with Gasteiger partial charge in [0.05, 0.1) is 6.04 Å². The second-order valence-electron chi connectivity index (χ2n) is 16.8. The molecule has 0 radical (unpaired) electrons. The van der Waals surface area contributed by atoms with Gasteiger partial charge in [-0.3, -0.25) is 0 Å². The molecule has 0 amide bonds. The fraction of sp³-hybridized carbons (Fsp3) is 0.103. The van der Waals surface area contributed by atoms with Crippen LogP contribution in [0.4, 0.5) is 17.1 Å². The molecule has 8 aromatic carbocycles. The van der Waals surface area contributed by atoms with Crippen LogP contribution in [0.25, 0.3) is 61.3 Å². The van der Waals surface area contributed by atoms with Gasteiger partial charge in [0.2, 0.25) is 0 Å². The van der Waals surface area contributed by atoms with Crippen molar-refractivity contribution in [3.8, 4) is 0 Å². The first-order valence-corrected chi connectivity index (χ1v) is 21.5. The van der Waals surface area contributed by atoms with Gasteiger partial charge in [0.25, 0.3) is 0 Å². The third kappa shape index (κ3) is 5.94. The SMILES string of the molecule is C1=CCC(N(C2=CCC(/C=C\c3ccc(N(C4=Cc5ccc6cccc7c6c5C(C=C7)C4)c4ccccc4)cc3)C=C2)c2cc3ccc4cccc5ccc(c2)c3c45)C=C1. The molecule has 0 N–H and O–H groups in total. The highest BCUT2D eigenvalue weighted by atomic mass is 15.2. The Labute approximate surface area is 351 Å². The molecule has 0 aromatic heterocycles. The van der Waals surface area contributed by atoms with E-state index in [-0.39, 0.29) is 6.04 Å². The quantitative estimate of drug-likeness (QED) is 0.142. The molecule has 0 fully saturated rings. The van der Waals surface area contributed by atoms with Crippen LogP contribution in [0.5, 0.6) is 0 Å². The molecule has 4 aliphatic carbocycles. The molecule has 0 saturated heterocycles. The number of hydrogen-bond donors (Lipinski definition) is 0. The molecule has 2 heteroatoms. The average Bonchev–Trinajstić information content (AvgIpc) is 3.31. The van der Waals surface area contributed by atoms with Gasteiger partial charge in [-0.1, -0.05) is 164 Å². The molecule has 0 aliphatic heterocycles. The Morgan fingerprint density at radius 1 is 0.533 bits per heavy atom. The lowest BCUT2D eigenvalue weighted by Gasteiger charge is -2.35. The van der Waals surface area contributed by atoms with Crippen molar-refractivity contribution in [2.24, 2.45) is 5.92 Å². The highest BCUT2D eigenvalue weighted by molar-refractivity contribution is 6.23. The molecule has 286 valence electrons. The first-order chi connectivity index (χ1) is 29.7. The zero-order valence-electron chi connectivity index (χ0n) is 33.5. The molecule has 60 heavy (non-hydrogen) atoms. The van der Waals surface area contributed by atoms with E-state index in [2.05, 4.69) is 222 Å². The lowest BCUT2D eigenvalue weighted by Crippen LogP contribution is -2.33. The molecular formula is C58H44N2. The van der Waals surface area contributed by atoms with E-state index in [4.69, 9.17) is 0 Å². The Balaban J connectivity index is 0.812. The zero-order chi connectivity index (χ0) is 39.6. The van der Waals surface area contributed by atoms with Crippen LogP contribution in [0.3, 0.4) is 0 Å². The van der Waals surface area contributed by atoms with Gasteiger partial charge in [0.1, 0.15) is 0 Å². The smallest absolute Gasteiger partial charge is 0.0559 e. The molecule has 2 nitrogen and oxygen atoms in total. The van der Waals surface area contributed by atoms with Gasteiger partial charge < -0.3 is 9.80 Å². The summed E-state index contributed by atoms with van der Waals surface area (Å²) in [7, 11) is 0. The second kappa shape index (κ2) is 14.3. The van der Waals surface area contributed by atoms with Crippen molar-refractivity contribution in [2.45, 2.75) is 31.2 Å². The molecule has 0 heterocycles. The van der Waals surface area contributed by atoms with E-state index >= 15 is 0 Å². The predicted molar refractivity (Wildman–Crippen MR) is 257 cm³/mol. The minimum Gasteiger partial charge on any atom is -0.334 e. The van der Waals surface area contributed by atoms with Gasteiger partial charge in [-0.2, -0.15) is 0 Å². The Morgan fingerprint density at radius 3 is 2.00 bits per heavy atom. The first-order valence-electron chi connectivity index (χ1n) is 21.5. The standard InChI is InChI=1S/C58H44N2/c1-3-13-49(14-4-1)59(53-35-45-27-23-41-9-7-10-42-24-28-46(36-53)57(45)55(41)42)51-31-19-39(20-32-51)17-18-40-21-33-52(34-22-40)60(50-15-5-2-6-16-50)54-37-47-29-25-43-11-8-12-44-26-30-48(38-54)58(47)56(43)44/h1-15,17-21,23-35,37-38,40,46,50H,16,22,36H2/b18-17-. The monoisotopic (exact) mass is 768 g/mol. The van der Waals surface area contributed by atoms with Gasteiger partial charge in [0.15, 0.2) is 0 Å². The van der Waals surface area contributed by atoms with Crippen LogP contribution in [0.15, 0.2) is 206 Å². The van der Waals surface area contributed by atoms with Gasteiger partial charge in [0, 0.05) is 34.4 Å². The van der Waals surface area contributed by atoms with Crippen molar-refractivity contribution in [1.29, 1.82) is 0 Å². The van der Waals surface area contributed by atoms with E-state index in [1.807, 2.05) is 0 Å². The van der Waals surface area contributed by atoms with Gasteiger partial charge in [-0.05, 0) is 139 Å². The van der Waals surface area contributed by atoms with Gasteiger partial charge >= 0.3 is 0 Å². The number of allylic oxidation sites excluding steroid dienone is 8. The van der Waals surface area contributed by atoms with Crippen LogP contribution in [0.2, 0.25) is 0 Å². The first kappa shape index (κ1) is 34.8. The maximum Gasteiger partial charge on any atom is 0.0559 e.